The number of nitrogens with zero attached hydrogens (tertiary/aromatic N) is 3. The lowest BCUT2D eigenvalue weighted by atomic mass is 9.99. The molecule has 1 N–H and O–H groups in total. The monoisotopic (exact) mass is 260 g/mol. The molecule has 2 unspecified atom stereocenters. The van der Waals surface area contributed by atoms with Crippen LogP contribution < -0.4 is 10.2 Å². The summed E-state index contributed by atoms with van der Waals surface area (Å²) in [5.41, 5.74) is 0. The number of anilines is 1. The van der Waals surface area contributed by atoms with E-state index in [0.29, 0.717) is 0 Å². The van der Waals surface area contributed by atoms with Crippen LogP contribution in [0, 0.1) is 5.92 Å². The minimum absolute atomic E-state index is 0.746. The van der Waals surface area contributed by atoms with Crippen molar-refractivity contribution in [3.05, 3.63) is 24.4 Å². The van der Waals surface area contributed by atoms with Crippen LogP contribution in [0.25, 0.3) is 0 Å². The average Bonchev–Trinajstić information content (AvgIpc) is 2.97. The van der Waals surface area contributed by atoms with Gasteiger partial charge in [-0.2, -0.15) is 0 Å². The average molecular weight is 260 g/mol. The second-order valence-electron chi connectivity index (χ2n) is 5.60. The van der Waals surface area contributed by atoms with Gasteiger partial charge in [0.05, 0.1) is 0 Å². The molecule has 4 nitrogen and oxygen atoms in total. The predicted octanol–water partition coefficient (Wildman–Crippen LogP) is 1.20. The van der Waals surface area contributed by atoms with Crippen molar-refractivity contribution in [2.24, 2.45) is 5.92 Å². The number of pyridine rings is 1. The summed E-state index contributed by atoms with van der Waals surface area (Å²) < 4.78 is 0. The Balaban J connectivity index is 1.58. The SMILES string of the molecule is CCC1CNCC1N1CCN(c2ccccn2)CC1. The Kier molecular flexibility index (Phi) is 3.99. The Morgan fingerprint density at radius 1 is 1.21 bits per heavy atom. The van der Waals surface area contributed by atoms with Crippen LogP contribution >= 0.6 is 0 Å². The third-order valence-electron chi connectivity index (χ3n) is 4.59. The molecular formula is C15H24N4. The first-order chi connectivity index (χ1) is 9.38. The highest BCUT2D eigenvalue weighted by Gasteiger charge is 2.32. The Labute approximate surface area is 115 Å². The number of piperazine rings is 1. The maximum atomic E-state index is 4.45. The van der Waals surface area contributed by atoms with Crippen LogP contribution in [-0.4, -0.2) is 55.2 Å². The lowest BCUT2D eigenvalue weighted by molar-refractivity contribution is 0.160. The molecule has 2 fully saturated rings. The number of hydrogen-bond acceptors (Lipinski definition) is 4. The van der Waals surface area contributed by atoms with Gasteiger partial charge in [0.15, 0.2) is 0 Å². The number of aromatic nitrogens is 1. The Hall–Kier alpha value is -1.13. The molecular weight excluding hydrogens is 236 g/mol. The summed E-state index contributed by atoms with van der Waals surface area (Å²) >= 11 is 0. The molecule has 104 valence electrons. The summed E-state index contributed by atoms with van der Waals surface area (Å²) in [7, 11) is 0. The maximum Gasteiger partial charge on any atom is 0.128 e. The smallest absolute Gasteiger partial charge is 0.128 e. The van der Waals surface area contributed by atoms with E-state index in [9.17, 15) is 0 Å². The minimum Gasteiger partial charge on any atom is -0.354 e. The van der Waals surface area contributed by atoms with Crippen LogP contribution in [0.15, 0.2) is 24.4 Å². The van der Waals surface area contributed by atoms with Crippen LogP contribution in [0.5, 0.6) is 0 Å². The molecule has 3 rings (SSSR count). The highest BCUT2D eigenvalue weighted by Crippen LogP contribution is 2.21. The molecule has 4 heteroatoms. The fraction of sp³-hybridized carbons (Fsp3) is 0.667. The second-order valence-corrected chi connectivity index (χ2v) is 5.60. The van der Waals surface area contributed by atoms with E-state index in [1.165, 1.54) is 32.6 Å². The maximum absolute atomic E-state index is 4.45. The summed E-state index contributed by atoms with van der Waals surface area (Å²) in [4.78, 5) is 9.53. The van der Waals surface area contributed by atoms with E-state index in [4.69, 9.17) is 0 Å². The van der Waals surface area contributed by atoms with E-state index < -0.39 is 0 Å². The first kappa shape index (κ1) is 12.9. The molecule has 0 bridgehead atoms. The van der Waals surface area contributed by atoms with Gasteiger partial charge in [-0.1, -0.05) is 19.4 Å². The van der Waals surface area contributed by atoms with Crippen LogP contribution in [0.2, 0.25) is 0 Å². The summed E-state index contributed by atoms with van der Waals surface area (Å²) in [6.07, 6.45) is 3.17. The molecule has 2 aliphatic heterocycles. The summed E-state index contributed by atoms with van der Waals surface area (Å²) in [5.74, 6) is 1.96. The van der Waals surface area contributed by atoms with Crippen molar-refractivity contribution in [2.45, 2.75) is 19.4 Å². The minimum atomic E-state index is 0.746. The fourth-order valence-electron chi connectivity index (χ4n) is 3.39. The lowest BCUT2D eigenvalue weighted by Gasteiger charge is -2.40. The van der Waals surface area contributed by atoms with E-state index in [0.717, 1.165) is 30.9 Å². The van der Waals surface area contributed by atoms with Crippen molar-refractivity contribution in [3.63, 3.8) is 0 Å². The fourth-order valence-corrected chi connectivity index (χ4v) is 3.39. The largest absolute Gasteiger partial charge is 0.354 e. The molecule has 2 aliphatic rings. The van der Waals surface area contributed by atoms with E-state index >= 15 is 0 Å². The van der Waals surface area contributed by atoms with Gasteiger partial charge in [0.25, 0.3) is 0 Å². The quantitative estimate of drug-likeness (QED) is 0.885. The van der Waals surface area contributed by atoms with Crippen molar-refractivity contribution in [1.29, 1.82) is 0 Å². The van der Waals surface area contributed by atoms with Crippen LogP contribution in [0.3, 0.4) is 0 Å². The number of nitrogens with one attached hydrogen (secondary N) is 1. The van der Waals surface area contributed by atoms with Gasteiger partial charge in [-0.15, -0.1) is 0 Å². The highest BCUT2D eigenvalue weighted by atomic mass is 15.3. The molecule has 1 aromatic rings. The number of hydrogen-bond donors (Lipinski definition) is 1. The molecule has 19 heavy (non-hydrogen) atoms. The van der Waals surface area contributed by atoms with Crippen molar-refractivity contribution in [3.8, 4) is 0 Å². The summed E-state index contributed by atoms with van der Waals surface area (Å²) in [6, 6.07) is 6.91. The van der Waals surface area contributed by atoms with Crippen molar-refractivity contribution < 1.29 is 0 Å². The molecule has 1 aromatic heterocycles. The topological polar surface area (TPSA) is 31.4 Å². The van der Waals surface area contributed by atoms with Gasteiger partial charge in [0.1, 0.15) is 5.82 Å². The Morgan fingerprint density at radius 2 is 2.05 bits per heavy atom. The van der Waals surface area contributed by atoms with Gasteiger partial charge in [-0.25, -0.2) is 4.98 Å². The van der Waals surface area contributed by atoms with Crippen LogP contribution in [-0.2, 0) is 0 Å². The lowest BCUT2D eigenvalue weighted by Crippen LogP contribution is -2.52. The van der Waals surface area contributed by atoms with Gasteiger partial charge >= 0.3 is 0 Å². The van der Waals surface area contributed by atoms with Gasteiger partial charge < -0.3 is 10.2 Å². The zero-order valence-electron chi connectivity index (χ0n) is 11.8. The summed E-state index contributed by atoms with van der Waals surface area (Å²) in [5, 5.41) is 3.55. The second kappa shape index (κ2) is 5.88. The zero-order valence-corrected chi connectivity index (χ0v) is 11.8. The van der Waals surface area contributed by atoms with E-state index in [1.807, 2.05) is 12.3 Å². The van der Waals surface area contributed by atoms with Crippen LogP contribution in [0.1, 0.15) is 13.3 Å². The van der Waals surface area contributed by atoms with E-state index in [1.54, 1.807) is 0 Å². The molecule has 3 heterocycles. The Morgan fingerprint density at radius 3 is 2.74 bits per heavy atom. The van der Waals surface area contributed by atoms with Gasteiger partial charge in [-0.3, -0.25) is 4.90 Å². The van der Waals surface area contributed by atoms with Gasteiger partial charge in [0, 0.05) is 45.0 Å². The highest BCUT2D eigenvalue weighted by molar-refractivity contribution is 5.38. The van der Waals surface area contributed by atoms with Gasteiger partial charge in [-0.05, 0) is 24.6 Å². The normalized spacial score (nSPS) is 28.8. The summed E-state index contributed by atoms with van der Waals surface area (Å²) in [6.45, 7) is 9.21. The van der Waals surface area contributed by atoms with Gasteiger partial charge in [0.2, 0.25) is 0 Å². The first-order valence-electron chi connectivity index (χ1n) is 7.49. The Bertz CT molecular complexity index is 386. The molecule has 0 spiro atoms. The molecule has 2 saturated heterocycles. The van der Waals surface area contributed by atoms with E-state index in [-0.39, 0.29) is 0 Å². The third kappa shape index (κ3) is 2.74. The van der Waals surface area contributed by atoms with Crippen molar-refractivity contribution in [2.75, 3.05) is 44.2 Å². The number of rotatable bonds is 3. The van der Waals surface area contributed by atoms with E-state index in [2.05, 4.69) is 39.2 Å². The molecule has 0 saturated carbocycles. The molecule has 0 amide bonds. The first-order valence-corrected chi connectivity index (χ1v) is 7.49. The predicted molar refractivity (Wildman–Crippen MR) is 78.5 cm³/mol. The third-order valence-corrected chi connectivity index (χ3v) is 4.59. The zero-order chi connectivity index (χ0) is 13.1. The standard InChI is InChI=1S/C15H24N4/c1-2-13-11-16-12-14(13)18-7-9-19(10-8-18)15-5-3-4-6-17-15/h3-6,13-14,16H,2,7-12H2,1H3. The molecule has 0 aromatic carbocycles. The molecule has 0 radical (unpaired) electrons. The van der Waals surface area contributed by atoms with Crippen LogP contribution in [0.4, 0.5) is 5.82 Å². The van der Waals surface area contributed by atoms with Crippen molar-refractivity contribution >= 4 is 5.82 Å². The molecule has 0 aliphatic carbocycles. The molecule has 2 atom stereocenters. The van der Waals surface area contributed by atoms with Crippen molar-refractivity contribution in [1.82, 2.24) is 15.2 Å².